The second-order valence-corrected chi connectivity index (χ2v) is 7.52. The van der Waals surface area contributed by atoms with Crippen LogP contribution in [0.1, 0.15) is 70.4 Å². The Morgan fingerprint density at radius 1 is 1.09 bits per heavy atom. The van der Waals surface area contributed by atoms with Gasteiger partial charge in [-0.25, -0.2) is 0 Å². The van der Waals surface area contributed by atoms with Crippen LogP contribution in [0.2, 0.25) is 0 Å². The van der Waals surface area contributed by atoms with E-state index in [0.29, 0.717) is 0 Å². The molecule has 0 spiro atoms. The van der Waals surface area contributed by atoms with Gasteiger partial charge in [-0.05, 0) is 56.9 Å². The lowest BCUT2D eigenvalue weighted by atomic mass is 9.79. The lowest BCUT2D eigenvalue weighted by Gasteiger charge is -2.32. The highest BCUT2D eigenvalue weighted by Gasteiger charge is 2.23. The van der Waals surface area contributed by atoms with Crippen molar-refractivity contribution >= 4 is 0 Å². The van der Waals surface area contributed by atoms with Crippen LogP contribution in [0.3, 0.4) is 0 Å². The minimum Gasteiger partial charge on any atom is -0.315 e. The number of hydrogen-bond donors (Lipinski definition) is 1. The molecule has 1 aromatic rings. The summed E-state index contributed by atoms with van der Waals surface area (Å²) < 4.78 is 2.39. The minimum absolute atomic E-state index is 0.738. The molecule has 0 aromatic carbocycles. The molecule has 2 heterocycles. The van der Waals surface area contributed by atoms with Gasteiger partial charge < -0.3 is 9.88 Å². The van der Waals surface area contributed by atoms with Crippen LogP contribution in [-0.2, 0) is 19.4 Å². The molecular formula is C18H32N4. The molecule has 0 saturated heterocycles. The number of aromatic nitrogens is 3. The summed E-state index contributed by atoms with van der Waals surface area (Å²) in [6.07, 6.45) is 11.3. The zero-order valence-electron chi connectivity index (χ0n) is 14.4. The van der Waals surface area contributed by atoms with Crippen molar-refractivity contribution in [1.29, 1.82) is 0 Å². The van der Waals surface area contributed by atoms with Gasteiger partial charge >= 0.3 is 0 Å². The van der Waals surface area contributed by atoms with Gasteiger partial charge in [-0.15, -0.1) is 10.2 Å². The molecular weight excluding hydrogens is 272 g/mol. The molecule has 1 N–H and O–H groups in total. The highest BCUT2D eigenvalue weighted by molar-refractivity contribution is 4.98. The van der Waals surface area contributed by atoms with Crippen LogP contribution in [0.25, 0.3) is 0 Å². The maximum atomic E-state index is 4.43. The van der Waals surface area contributed by atoms with Gasteiger partial charge in [0, 0.05) is 25.4 Å². The van der Waals surface area contributed by atoms with E-state index in [1.54, 1.807) is 0 Å². The normalized spacial score (nSPS) is 29.1. The second-order valence-electron chi connectivity index (χ2n) is 7.52. The average Bonchev–Trinajstić information content (AvgIpc) is 2.74. The van der Waals surface area contributed by atoms with Gasteiger partial charge in [0.25, 0.3) is 0 Å². The number of nitrogens with one attached hydrogen (secondary N) is 1. The first kappa shape index (κ1) is 16.0. The minimum atomic E-state index is 0.738. The van der Waals surface area contributed by atoms with Crippen LogP contribution in [0.4, 0.5) is 0 Å². The second kappa shape index (κ2) is 7.58. The van der Waals surface area contributed by atoms with E-state index in [0.717, 1.165) is 43.8 Å². The lowest BCUT2D eigenvalue weighted by molar-refractivity contribution is 0.226. The maximum Gasteiger partial charge on any atom is 0.133 e. The molecule has 1 fully saturated rings. The molecule has 22 heavy (non-hydrogen) atoms. The summed E-state index contributed by atoms with van der Waals surface area (Å²) in [4.78, 5) is 0. The van der Waals surface area contributed by atoms with Crippen molar-refractivity contribution in [1.82, 2.24) is 20.1 Å². The van der Waals surface area contributed by atoms with Crippen molar-refractivity contribution < 1.29 is 0 Å². The van der Waals surface area contributed by atoms with Crippen molar-refractivity contribution in [2.75, 3.05) is 6.54 Å². The van der Waals surface area contributed by atoms with E-state index in [2.05, 4.69) is 33.9 Å². The van der Waals surface area contributed by atoms with Gasteiger partial charge in [0.05, 0.1) is 0 Å². The first-order valence-electron chi connectivity index (χ1n) is 9.38. The van der Waals surface area contributed by atoms with Crippen molar-refractivity contribution in [3.63, 3.8) is 0 Å². The molecule has 4 nitrogen and oxygen atoms in total. The molecule has 3 atom stereocenters. The summed E-state index contributed by atoms with van der Waals surface area (Å²) in [5, 5.41) is 12.6. The Morgan fingerprint density at radius 2 is 2.00 bits per heavy atom. The number of hydrogen-bond acceptors (Lipinski definition) is 3. The molecule has 1 aromatic heterocycles. The Balaban J connectivity index is 1.41. The molecule has 3 rings (SSSR count). The number of nitrogens with zero attached hydrogens (tertiary/aromatic N) is 3. The van der Waals surface area contributed by atoms with Gasteiger partial charge in [0.15, 0.2) is 0 Å². The maximum absolute atomic E-state index is 4.43. The van der Waals surface area contributed by atoms with Crippen molar-refractivity contribution in [2.24, 2.45) is 11.8 Å². The Kier molecular flexibility index (Phi) is 5.51. The molecule has 1 aliphatic heterocycles. The van der Waals surface area contributed by atoms with Gasteiger partial charge in [0.2, 0.25) is 0 Å². The van der Waals surface area contributed by atoms with E-state index in [1.807, 2.05) is 0 Å². The van der Waals surface area contributed by atoms with Gasteiger partial charge in [-0.2, -0.15) is 0 Å². The molecule has 124 valence electrons. The highest BCUT2D eigenvalue weighted by atomic mass is 15.3. The van der Waals surface area contributed by atoms with E-state index < -0.39 is 0 Å². The molecule has 0 unspecified atom stereocenters. The van der Waals surface area contributed by atoms with Gasteiger partial charge in [0.1, 0.15) is 11.6 Å². The standard InChI is InChI=1S/C18H32N4/c1-14-9-10-16(13-15(14)2)19-11-6-8-18-21-20-17-7-4-3-5-12-22(17)18/h14-16,19H,3-13H2,1-2H3/t14-,15-,16+/m1/s1. The summed E-state index contributed by atoms with van der Waals surface area (Å²) in [7, 11) is 0. The Hall–Kier alpha value is -0.900. The Labute approximate surface area is 135 Å². The van der Waals surface area contributed by atoms with E-state index >= 15 is 0 Å². The third kappa shape index (κ3) is 3.89. The van der Waals surface area contributed by atoms with E-state index in [1.165, 1.54) is 56.6 Å². The zero-order valence-corrected chi connectivity index (χ0v) is 14.4. The van der Waals surface area contributed by atoms with Crippen molar-refractivity contribution in [3.8, 4) is 0 Å². The Bertz CT molecular complexity index is 468. The SMILES string of the molecule is C[C@@H]1CC[C@H](NCCCc2nnc3n2CCCCC3)C[C@H]1C. The van der Waals surface area contributed by atoms with Gasteiger partial charge in [-0.3, -0.25) is 0 Å². The van der Waals surface area contributed by atoms with Crippen LogP contribution in [0, 0.1) is 11.8 Å². The third-order valence-corrected chi connectivity index (χ3v) is 5.79. The van der Waals surface area contributed by atoms with E-state index in [4.69, 9.17) is 0 Å². The fourth-order valence-electron chi connectivity index (χ4n) is 4.02. The molecule has 1 saturated carbocycles. The molecule has 2 aliphatic rings. The topological polar surface area (TPSA) is 42.7 Å². The van der Waals surface area contributed by atoms with Crippen LogP contribution >= 0.6 is 0 Å². The van der Waals surface area contributed by atoms with E-state index in [9.17, 15) is 0 Å². The van der Waals surface area contributed by atoms with Crippen LogP contribution in [0.5, 0.6) is 0 Å². The van der Waals surface area contributed by atoms with Crippen LogP contribution < -0.4 is 5.32 Å². The molecule has 4 heteroatoms. The molecule has 0 radical (unpaired) electrons. The molecule has 1 aliphatic carbocycles. The predicted molar refractivity (Wildman–Crippen MR) is 89.9 cm³/mol. The summed E-state index contributed by atoms with van der Waals surface area (Å²) in [6.45, 7) is 7.05. The summed E-state index contributed by atoms with van der Waals surface area (Å²) in [5.41, 5.74) is 0. The fraction of sp³-hybridized carbons (Fsp3) is 0.889. The third-order valence-electron chi connectivity index (χ3n) is 5.79. The first-order valence-corrected chi connectivity index (χ1v) is 9.38. The predicted octanol–water partition coefficient (Wildman–Crippen LogP) is 3.35. The average molecular weight is 304 g/mol. The van der Waals surface area contributed by atoms with E-state index in [-0.39, 0.29) is 0 Å². The molecule has 0 bridgehead atoms. The smallest absolute Gasteiger partial charge is 0.133 e. The number of aryl methyl sites for hydroxylation is 2. The number of fused-ring (bicyclic) bond motifs is 1. The lowest BCUT2D eigenvalue weighted by Crippen LogP contribution is -2.36. The van der Waals surface area contributed by atoms with Crippen molar-refractivity contribution in [2.45, 2.75) is 84.2 Å². The van der Waals surface area contributed by atoms with Crippen LogP contribution in [0.15, 0.2) is 0 Å². The quantitative estimate of drug-likeness (QED) is 0.848. The summed E-state index contributed by atoms with van der Waals surface area (Å²) >= 11 is 0. The monoisotopic (exact) mass is 304 g/mol. The van der Waals surface area contributed by atoms with Crippen LogP contribution in [-0.4, -0.2) is 27.4 Å². The highest BCUT2D eigenvalue weighted by Crippen LogP contribution is 2.29. The molecule has 0 amide bonds. The summed E-state index contributed by atoms with van der Waals surface area (Å²) in [6, 6.07) is 0.738. The zero-order chi connectivity index (χ0) is 15.4. The van der Waals surface area contributed by atoms with Gasteiger partial charge in [-0.1, -0.05) is 20.3 Å². The van der Waals surface area contributed by atoms with Crippen molar-refractivity contribution in [3.05, 3.63) is 11.6 Å². The fourth-order valence-corrected chi connectivity index (χ4v) is 4.02. The largest absolute Gasteiger partial charge is 0.315 e. The first-order chi connectivity index (χ1) is 10.7. The summed E-state index contributed by atoms with van der Waals surface area (Å²) in [5.74, 6) is 4.21. The number of rotatable bonds is 5. The Morgan fingerprint density at radius 3 is 2.86 bits per heavy atom.